The highest BCUT2D eigenvalue weighted by atomic mass is 16.2. The van der Waals surface area contributed by atoms with Crippen LogP contribution < -0.4 is 5.32 Å². The van der Waals surface area contributed by atoms with E-state index in [0.717, 1.165) is 32.0 Å². The fourth-order valence-corrected chi connectivity index (χ4v) is 2.22. The van der Waals surface area contributed by atoms with Crippen molar-refractivity contribution in [3.63, 3.8) is 0 Å². The fourth-order valence-electron chi connectivity index (χ4n) is 2.22. The van der Waals surface area contributed by atoms with E-state index in [-0.39, 0.29) is 5.91 Å². The molecule has 0 aromatic carbocycles. The van der Waals surface area contributed by atoms with E-state index < -0.39 is 0 Å². The van der Waals surface area contributed by atoms with Crippen LogP contribution in [0.4, 0.5) is 5.82 Å². The van der Waals surface area contributed by atoms with E-state index in [0.29, 0.717) is 11.6 Å². The summed E-state index contributed by atoms with van der Waals surface area (Å²) in [5, 5.41) is 3.12. The summed E-state index contributed by atoms with van der Waals surface area (Å²) in [6.07, 6.45) is 1.66. The lowest BCUT2D eigenvalue weighted by molar-refractivity contribution is 0.0572. The zero-order chi connectivity index (χ0) is 13.8. The van der Waals surface area contributed by atoms with Gasteiger partial charge in [0.2, 0.25) is 0 Å². The van der Waals surface area contributed by atoms with Crippen LogP contribution in [0.25, 0.3) is 0 Å². The second-order valence-electron chi connectivity index (χ2n) is 5.04. The Balaban J connectivity index is 2.03. The van der Waals surface area contributed by atoms with Crippen molar-refractivity contribution in [1.29, 1.82) is 0 Å². The molecule has 1 aliphatic heterocycles. The standard InChI is InChI=1S/C14H22N4O/c1-4-15-13-6-5-12(9-16-13)14(19)18-8-7-17(3)11(2)10-18/h5-6,9,11H,4,7-8,10H2,1-3H3,(H,15,16). The van der Waals surface area contributed by atoms with Gasteiger partial charge in [-0.2, -0.15) is 0 Å². The Bertz CT molecular complexity index is 432. The molecule has 0 spiro atoms. The maximum absolute atomic E-state index is 12.4. The first-order valence-corrected chi connectivity index (χ1v) is 6.81. The Hall–Kier alpha value is -1.62. The van der Waals surface area contributed by atoms with Crippen molar-refractivity contribution >= 4 is 11.7 Å². The number of piperazine rings is 1. The van der Waals surface area contributed by atoms with Crippen LogP contribution in [0.5, 0.6) is 0 Å². The van der Waals surface area contributed by atoms with E-state index >= 15 is 0 Å². The minimum Gasteiger partial charge on any atom is -0.370 e. The molecule has 0 radical (unpaired) electrons. The predicted octanol–water partition coefficient (Wildman–Crippen LogP) is 1.29. The maximum atomic E-state index is 12.4. The van der Waals surface area contributed by atoms with Crippen LogP contribution in [0.3, 0.4) is 0 Å². The van der Waals surface area contributed by atoms with Crippen molar-refractivity contribution in [2.24, 2.45) is 0 Å². The van der Waals surface area contributed by atoms with Gasteiger partial charge in [0.05, 0.1) is 5.56 Å². The number of aromatic nitrogens is 1. The highest BCUT2D eigenvalue weighted by Crippen LogP contribution is 2.12. The fraction of sp³-hybridized carbons (Fsp3) is 0.571. The molecule has 5 heteroatoms. The van der Waals surface area contributed by atoms with Gasteiger partial charge in [-0.25, -0.2) is 4.98 Å². The van der Waals surface area contributed by atoms with Crippen LogP contribution in [-0.2, 0) is 0 Å². The zero-order valence-electron chi connectivity index (χ0n) is 11.9. The van der Waals surface area contributed by atoms with Gasteiger partial charge in [0, 0.05) is 38.4 Å². The Kier molecular flexibility index (Phi) is 4.37. The van der Waals surface area contributed by atoms with E-state index in [9.17, 15) is 4.79 Å². The van der Waals surface area contributed by atoms with Crippen molar-refractivity contribution in [3.05, 3.63) is 23.9 Å². The average molecular weight is 262 g/mol. The lowest BCUT2D eigenvalue weighted by Crippen LogP contribution is -2.52. The number of carbonyl (C=O) groups excluding carboxylic acids is 1. The minimum absolute atomic E-state index is 0.0792. The van der Waals surface area contributed by atoms with Crippen molar-refractivity contribution in [3.8, 4) is 0 Å². The topological polar surface area (TPSA) is 48.5 Å². The van der Waals surface area contributed by atoms with Crippen molar-refractivity contribution < 1.29 is 4.79 Å². The molecule has 2 rings (SSSR count). The van der Waals surface area contributed by atoms with Crippen LogP contribution >= 0.6 is 0 Å². The minimum atomic E-state index is 0.0792. The summed E-state index contributed by atoms with van der Waals surface area (Å²) in [4.78, 5) is 20.8. The second-order valence-corrected chi connectivity index (χ2v) is 5.04. The molecule has 0 bridgehead atoms. The molecule has 1 fully saturated rings. The number of likely N-dealkylation sites (N-methyl/N-ethyl adjacent to an activating group) is 1. The van der Waals surface area contributed by atoms with Crippen LogP contribution in [0, 0.1) is 0 Å². The number of amides is 1. The Morgan fingerprint density at radius 2 is 2.26 bits per heavy atom. The molecule has 0 aliphatic carbocycles. The molecule has 1 unspecified atom stereocenters. The molecule has 0 saturated carbocycles. The number of pyridine rings is 1. The molecule has 2 heterocycles. The summed E-state index contributed by atoms with van der Waals surface area (Å²) in [5.74, 6) is 0.890. The summed E-state index contributed by atoms with van der Waals surface area (Å²) in [6.45, 7) is 7.49. The molecule has 1 atom stereocenters. The summed E-state index contributed by atoms with van der Waals surface area (Å²) in [5.41, 5.74) is 0.665. The molecule has 19 heavy (non-hydrogen) atoms. The van der Waals surface area contributed by atoms with Crippen molar-refractivity contribution in [2.75, 3.05) is 38.5 Å². The number of carbonyl (C=O) groups is 1. The Labute approximate surface area is 114 Å². The number of nitrogens with one attached hydrogen (secondary N) is 1. The van der Waals surface area contributed by atoms with Gasteiger partial charge in [-0.05, 0) is 33.0 Å². The predicted molar refractivity (Wildman–Crippen MR) is 76.4 cm³/mol. The Morgan fingerprint density at radius 1 is 1.47 bits per heavy atom. The molecule has 5 nitrogen and oxygen atoms in total. The van der Waals surface area contributed by atoms with Crippen LogP contribution in [0.2, 0.25) is 0 Å². The number of hydrogen-bond acceptors (Lipinski definition) is 4. The monoisotopic (exact) mass is 262 g/mol. The largest absolute Gasteiger partial charge is 0.370 e. The summed E-state index contributed by atoms with van der Waals surface area (Å²) in [7, 11) is 2.10. The second kappa shape index (κ2) is 6.02. The van der Waals surface area contributed by atoms with Gasteiger partial charge in [-0.3, -0.25) is 4.79 Å². The molecule has 1 N–H and O–H groups in total. The first kappa shape index (κ1) is 13.8. The third kappa shape index (κ3) is 3.23. The van der Waals surface area contributed by atoms with Crippen LogP contribution in [0.1, 0.15) is 24.2 Å². The highest BCUT2D eigenvalue weighted by Gasteiger charge is 2.25. The maximum Gasteiger partial charge on any atom is 0.255 e. The Morgan fingerprint density at radius 3 is 2.84 bits per heavy atom. The van der Waals surface area contributed by atoms with Gasteiger partial charge in [0.15, 0.2) is 0 Å². The van der Waals surface area contributed by atoms with Gasteiger partial charge in [-0.15, -0.1) is 0 Å². The van der Waals surface area contributed by atoms with E-state index in [1.165, 1.54) is 0 Å². The van der Waals surface area contributed by atoms with Gasteiger partial charge in [0.1, 0.15) is 5.82 Å². The van der Waals surface area contributed by atoms with Crippen molar-refractivity contribution in [1.82, 2.24) is 14.8 Å². The molecule has 1 aromatic heterocycles. The number of hydrogen-bond donors (Lipinski definition) is 1. The average Bonchev–Trinajstić information content (AvgIpc) is 2.42. The molecule has 1 saturated heterocycles. The SMILES string of the molecule is CCNc1ccc(C(=O)N2CCN(C)C(C)C2)cn1. The number of rotatable bonds is 3. The zero-order valence-corrected chi connectivity index (χ0v) is 11.9. The van der Waals surface area contributed by atoms with E-state index in [4.69, 9.17) is 0 Å². The first-order chi connectivity index (χ1) is 9.11. The van der Waals surface area contributed by atoms with Gasteiger partial charge >= 0.3 is 0 Å². The number of nitrogens with zero attached hydrogens (tertiary/aromatic N) is 3. The molecule has 1 amide bonds. The van der Waals surface area contributed by atoms with Gasteiger partial charge < -0.3 is 15.1 Å². The molecular weight excluding hydrogens is 240 g/mol. The van der Waals surface area contributed by atoms with E-state index in [1.54, 1.807) is 6.20 Å². The highest BCUT2D eigenvalue weighted by molar-refractivity contribution is 5.94. The summed E-state index contributed by atoms with van der Waals surface area (Å²) < 4.78 is 0. The summed E-state index contributed by atoms with van der Waals surface area (Å²) >= 11 is 0. The third-order valence-electron chi connectivity index (χ3n) is 3.62. The first-order valence-electron chi connectivity index (χ1n) is 6.81. The number of anilines is 1. The molecule has 104 valence electrons. The van der Waals surface area contributed by atoms with Crippen molar-refractivity contribution in [2.45, 2.75) is 19.9 Å². The lowest BCUT2D eigenvalue weighted by Gasteiger charge is -2.37. The summed E-state index contributed by atoms with van der Waals surface area (Å²) in [6, 6.07) is 4.11. The quantitative estimate of drug-likeness (QED) is 0.891. The van der Waals surface area contributed by atoms with E-state index in [2.05, 4.69) is 29.2 Å². The lowest BCUT2D eigenvalue weighted by atomic mass is 10.1. The van der Waals surface area contributed by atoms with Crippen LogP contribution in [-0.4, -0.2) is 60.0 Å². The molecule has 1 aromatic rings. The van der Waals surface area contributed by atoms with Gasteiger partial charge in [-0.1, -0.05) is 0 Å². The van der Waals surface area contributed by atoms with Gasteiger partial charge in [0.25, 0.3) is 5.91 Å². The smallest absolute Gasteiger partial charge is 0.255 e. The van der Waals surface area contributed by atoms with E-state index in [1.807, 2.05) is 24.0 Å². The van der Waals surface area contributed by atoms with Crippen LogP contribution in [0.15, 0.2) is 18.3 Å². The molecule has 1 aliphatic rings. The third-order valence-corrected chi connectivity index (χ3v) is 3.62. The molecular formula is C14H22N4O. The normalized spacial score (nSPS) is 20.4.